The summed E-state index contributed by atoms with van der Waals surface area (Å²) in [4.78, 5) is 23.4. The smallest absolute Gasteiger partial charge is 0.337 e. The summed E-state index contributed by atoms with van der Waals surface area (Å²) in [5.41, 5.74) is 0.824. The number of hydrogen-bond donors (Lipinski definition) is 2. The molecule has 0 bridgehead atoms. The van der Waals surface area contributed by atoms with E-state index in [9.17, 15) is 9.59 Å². The average molecular weight is 294 g/mol. The van der Waals surface area contributed by atoms with Crippen LogP contribution < -0.4 is 15.4 Å². The van der Waals surface area contributed by atoms with Crippen LogP contribution in [0, 0.1) is 0 Å². The molecule has 0 atom stereocenters. The van der Waals surface area contributed by atoms with Crippen molar-refractivity contribution < 1.29 is 19.1 Å². The molecule has 0 saturated carbocycles. The van der Waals surface area contributed by atoms with Crippen LogP contribution in [0.25, 0.3) is 0 Å². The molecule has 1 amide bonds. The van der Waals surface area contributed by atoms with Crippen LogP contribution in [-0.4, -0.2) is 38.7 Å². The first-order chi connectivity index (χ1) is 9.97. The van der Waals surface area contributed by atoms with Gasteiger partial charge >= 0.3 is 5.97 Å². The van der Waals surface area contributed by atoms with Gasteiger partial charge in [0.1, 0.15) is 5.75 Å². The van der Waals surface area contributed by atoms with E-state index in [2.05, 4.69) is 15.4 Å². The molecule has 116 valence electrons. The van der Waals surface area contributed by atoms with Gasteiger partial charge in [0, 0.05) is 13.0 Å². The lowest BCUT2D eigenvalue weighted by Crippen LogP contribution is -2.20. The fourth-order valence-corrected chi connectivity index (χ4v) is 1.68. The highest BCUT2D eigenvalue weighted by Crippen LogP contribution is 2.27. The van der Waals surface area contributed by atoms with Crippen molar-refractivity contribution in [1.29, 1.82) is 0 Å². The summed E-state index contributed by atoms with van der Waals surface area (Å²) in [6.45, 7) is 4.35. The number of hydrogen-bond acceptors (Lipinski definition) is 5. The number of nitrogens with one attached hydrogen (secondary N) is 2. The van der Waals surface area contributed by atoms with Crippen molar-refractivity contribution in [2.24, 2.45) is 0 Å². The summed E-state index contributed by atoms with van der Waals surface area (Å²) in [6.07, 6.45) is 0.294. The largest absolute Gasteiger partial charge is 0.489 e. The lowest BCUT2D eigenvalue weighted by atomic mass is 10.1. The SMILES string of the molecule is CNCCC(=O)Nc1cc(C(=O)OC)ccc1OC(C)C. The van der Waals surface area contributed by atoms with Crippen LogP contribution in [0.4, 0.5) is 5.69 Å². The van der Waals surface area contributed by atoms with Gasteiger partial charge in [0.15, 0.2) is 0 Å². The predicted molar refractivity (Wildman–Crippen MR) is 80.7 cm³/mol. The standard InChI is InChI=1S/C15H22N2O4/c1-10(2)21-13-6-5-11(15(19)20-4)9-12(13)17-14(18)7-8-16-3/h5-6,9-10,16H,7-8H2,1-4H3,(H,17,18). The summed E-state index contributed by atoms with van der Waals surface area (Å²) in [6, 6.07) is 4.81. The van der Waals surface area contributed by atoms with Gasteiger partial charge in [-0.05, 0) is 39.1 Å². The third kappa shape index (κ3) is 5.43. The summed E-state index contributed by atoms with van der Waals surface area (Å²) in [5, 5.41) is 5.66. The summed E-state index contributed by atoms with van der Waals surface area (Å²) in [7, 11) is 3.09. The molecular weight excluding hydrogens is 272 g/mol. The Hall–Kier alpha value is -2.08. The molecule has 0 spiro atoms. The molecule has 0 fully saturated rings. The van der Waals surface area contributed by atoms with E-state index < -0.39 is 5.97 Å². The minimum atomic E-state index is -0.461. The molecule has 6 heteroatoms. The molecule has 0 aliphatic carbocycles. The second-order valence-electron chi connectivity index (χ2n) is 4.77. The number of esters is 1. The maximum Gasteiger partial charge on any atom is 0.337 e. The Labute approximate surface area is 124 Å². The number of rotatable bonds is 7. The quantitative estimate of drug-likeness (QED) is 0.750. The van der Waals surface area contributed by atoms with E-state index in [4.69, 9.17) is 4.74 Å². The van der Waals surface area contributed by atoms with Crippen LogP contribution in [0.2, 0.25) is 0 Å². The Balaban J connectivity index is 2.98. The van der Waals surface area contributed by atoms with Crippen LogP contribution in [0.5, 0.6) is 5.75 Å². The summed E-state index contributed by atoms with van der Waals surface area (Å²) >= 11 is 0. The molecule has 1 aromatic rings. The number of benzene rings is 1. The summed E-state index contributed by atoms with van der Waals surface area (Å²) < 4.78 is 10.3. The molecule has 0 unspecified atom stereocenters. The molecule has 2 N–H and O–H groups in total. The molecule has 0 radical (unpaired) electrons. The van der Waals surface area contributed by atoms with Crippen LogP contribution in [-0.2, 0) is 9.53 Å². The lowest BCUT2D eigenvalue weighted by Gasteiger charge is -2.16. The second-order valence-corrected chi connectivity index (χ2v) is 4.77. The number of methoxy groups -OCH3 is 1. The van der Waals surface area contributed by atoms with E-state index >= 15 is 0 Å². The molecule has 0 heterocycles. The van der Waals surface area contributed by atoms with Crippen molar-refractivity contribution in [2.75, 3.05) is 26.0 Å². The van der Waals surface area contributed by atoms with Crippen molar-refractivity contribution in [2.45, 2.75) is 26.4 Å². The fourth-order valence-electron chi connectivity index (χ4n) is 1.68. The van der Waals surface area contributed by atoms with Crippen molar-refractivity contribution in [3.8, 4) is 5.75 Å². The highest BCUT2D eigenvalue weighted by molar-refractivity contribution is 5.96. The molecule has 0 aromatic heterocycles. The molecule has 1 aromatic carbocycles. The van der Waals surface area contributed by atoms with Gasteiger partial charge in [0.2, 0.25) is 5.91 Å². The van der Waals surface area contributed by atoms with Crippen molar-refractivity contribution in [3.63, 3.8) is 0 Å². The lowest BCUT2D eigenvalue weighted by molar-refractivity contribution is -0.116. The first kappa shape index (κ1) is 17.0. The maximum absolute atomic E-state index is 11.8. The van der Waals surface area contributed by atoms with Gasteiger partial charge in [-0.25, -0.2) is 4.79 Å². The predicted octanol–water partition coefficient (Wildman–Crippen LogP) is 1.81. The van der Waals surface area contributed by atoms with Gasteiger partial charge in [-0.3, -0.25) is 4.79 Å². The zero-order chi connectivity index (χ0) is 15.8. The van der Waals surface area contributed by atoms with Gasteiger partial charge in [0.25, 0.3) is 0 Å². The molecule has 6 nitrogen and oxygen atoms in total. The van der Waals surface area contributed by atoms with E-state index in [0.717, 1.165) is 0 Å². The Kier molecular flexibility index (Phi) is 6.68. The highest BCUT2D eigenvalue weighted by Gasteiger charge is 2.13. The van der Waals surface area contributed by atoms with Gasteiger partial charge in [0.05, 0.1) is 24.5 Å². The maximum atomic E-state index is 11.8. The minimum absolute atomic E-state index is 0.0399. The third-order valence-corrected chi connectivity index (χ3v) is 2.64. The minimum Gasteiger partial charge on any atom is -0.489 e. The zero-order valence-electron chi connectivity index (χ0n) is 12.9. The first-order valence-electron chi connectivity index (χ1n) is 6.81. The molecule has 0 aliphatic rings. The Morgan fingerprint density at radius 1 is 1.29 bits per heavy atom. The number of amides is 1. The monoisotopic (exact) mass is 294 g/mol. The number of carbonyl (C=O) groups is 2. The summed E-state index contributed by atoms with van der Waals surface area (Å²) in [5.74, 6) is -0.0905. The normalized spacial score (nSPS) is 10.3. The molecule has 0 saturated heterocycles. The number of anilines is 1. The average Bonchev–Trinajstić information content (AvgIpc) is 2.45. The van der Waals surface area contributed by atoms with Crippen LogP contribution in [0.3, 0.4) is 0 Å². The van der Waals surface area contributed by atoms with Crippen LogP contribution in [0.1, 0.15) is 30.6 Å². The highest BCUT2D eigenvalue weighted by atomic mass is 16.5. The van der Waals surface area contributed by atoms with Crippen molar-refractivity contribution in [3.05, 3.63) is 23.8 Å². The molecule has 21 heavy (non-hydrogen) atoms. The third-order valence-electron chi connectivity index (χ3n) is 2.64. The Morgan fingerprint density at radius 2 is 2.00 bits per heavy atom. The topological polar surface area (TPSA) is 76.7 Å². The van der Waals surface area contributed by atoms with Gasteiger partial charge in [-0.2, -0.15) is 0 Å². The Bertz CT molecular complexity index is 500. The van der Waals surface area contributed by atoms with Gasteiger partial charge < -0.3 is 20.1 Å². The first-order valence-corrected chi connectivity index (χ1v) is 6.81. The van der Waals surface area contributed by atoms with Gasteiger partial charge in [-0.15, -0.1) is 0 Å². The zero-order valence-corrected chi connectivity index (χ0v) is 12.9. The van der Waals surface area contributed by atoms with Gasteiger partial charge in [-0.1, -0.05) is 0 Å². The fraction of sp³-hybridized carbons (Fsp3) is 0.467. The van der Waals surface area contributed by atoms with E-state index in [0.29, 0.717) is 30.0 Å². The van der Waals surface area contributed by atoms with E-state index in [-0.39, 0.29) is 12.0 Å². The van der Waals surface area contributed by atoms with E-state index in [1.165, 1.54) is 7.11 Å². The number of carbonyl (C=O) groups excluding carboxylic acids is 2. The van der Waals surface area contributed by atoms with E-state index in [1.54, 1.807) is 25.2 Å². The molecule has 1 rings (SSSR count). The van der Waals surface area contributed by atoms with Crippen LogP contribution in [0.15, 0.2) is 18.2 Å². The number of ether oxygens (including phenoxy) is 2. The van der Waals surface area contributed by atoms with Crippen LogP contribution >= 0.6 is 0 Å². The van der Waals surface area contributed by atoms with E-state index in [1.807, 2.05) is 13.8 Å². The van der Waals surface area contributed by atoms with Crippen molar-refractivity contribution in [1.82, 2.24) is 5.32 Å². The Morgan fingerprint density at radius 3 is 2.57 bits per heavy atom. The molecular formula is C15H22N2O4. The molecule has 0 aliphatic heterocycles. The van der Waals surface area contributed by atoms with Crippen molar-refractivity contribution >= 4 is 17.6 Å². The second kappa shape index (κ2) is 8.26.